The third-order valence-electron chi connectivity index (χ3n) is 4.08. The standard InChI is InChI=1S/C15H30N2O2/c1-5-6-12(2)17-14(18)13(3)16-11-15(7-8-15)9-10-19-4/h12-13,16H,5-11H2,1-4H3,(H,17,18). The smallest absolute Gasteiger partial charge is 0.237 e. The Labute approximate surface area is 117 Å². The van der Waals surface area contributed by atoms with E-state index in [0.717, 1.165) is 32.4 Å². The van der Waals surface area contributed by atoms with Gasteiger partial charge >= 0.3 is 0 Å². The van der Waals surface area contributed by atoms with Gasteiger partial charge in [0.25, 0.3) is 0 Å². The van der Waals surface area contributed by atoms with Gasteiger partial charge in [-0.15, -0.1) is 0 Å². The first-order chi connectivity index (χ1) is 9.03. The lowest BCUT2D eigenvalue weighted by Gasteiger charge is -2.21. The van der Waals surface area contributed by atoms with Gasteiger partial charge in [-0.1, -0.05) is 13.3 Å². The topological polar surface area (TPSA) is 50.4 Å². The second kappa shape index (κ2) is 7.85. The largest absolute Gasteiger partial charge is 0.385 e. The fraction of sp³-hybridized carbons (Fsp3) is 0.933. The summed E-state index contributed by atoms with van der Waals surface area (Å²) in [7, 11) is 1.74. The van der Waals surface area contributed by atoms with Crippen LogP contribution < -0.4 is 10.6 Å². The molecule has 0 aliphatic heterocycles. The monoisotopic (exact) mass is 270 g/mol. The van der Waals surface area contributed by atoms with Crippen molar-refractivity contribution in [3.8, 4) is 0 Å². The zero-order valence-corrected chi connectivity index (χ0v) is 12.9. The van der Waals surface area contributed by atoms with Crippen LogP contribution in [-0.2, 0) is 9.53 Å². The van der Waals surface area contributed by atoms with E-state index in [1.54, 1.807) is 7.11 Å². The summed E-state index contributed by atoms with van der Waals surface area (Å²) >= 11 is 0. The van der Waals surface area contributed by atoms with Crippen LogP contribution in [0.3, 0.4) is 0 Å². The van der Waals surface area contributed by atoms with Crippen molar-refractivity contribution < 1.29 is 9.53 Å². The first-order valence-electron chi connectivity index (χ1n) is 7.55. The van der Waals surface area contributed by atoms with Crippen LogP contribution in [0.15, 0.2) is 0 Å². The van der Waals surface area contributed by atoms with E-state index in [0.29, 0.717) is 5.41 Å². The molecule has 0 saturated heterocycles. The Balaban J connectivity index is 2.23. The molecule has 0 radical (unpaired) electrons. The number of carbonyl (C=O) groups excluding carboxylic acids is 1. The molecule has 19 heavy (non-hydrogen) atoms. The maximum Gasteiger partial charge on any atom is 0.237 e. The molecule has 1 amide bonds. The highest BCUT2D eigenvalue weighted by atomic mass is 16.5. The molecule has 1 fully saturated rings. The molecular weight excluding hydrogens is 240 g/mol. The SMILES string of the molecule is CCCC(C)NC(=O)C(C)NCC1(CCOC)CC1. The number of carbonyl (C=O) groups is 1. The molecule has 0 heterocycles. The number of amides is 1. The molecule has 2 unspecified atom stereocenters. The Morgan fingerprint density at radius 3 is 2.58 bits per heavy atom. The second-order valence-electron chi connectivity index (χ2n) is 6.04. The molecule has 112 valence electrons. The highest BCUT2D eigenvalue weighted by Gasteiger charge is 2.42. The van der Waals surface area contributed by atoms with Crippen LogP contribution in [0.25, 0.3) is 0 Å². The fourth-order valence-corrected chi connectivity index (χ4v) is 2.35. The van der Waals surface area contributed by atoms with Crippen molar-refractivity contribution in [2.75, 3.05) is 20.3 Å². The van der Waals surface area contributed by atoms with Crippen molar-refractivity contribution in [3.05, 3.63) is 0 Å². The van der Waals surface area contributed by atoms with Crippen molar-refractivity contribution in [2.45, 2.75) is 65.0 Å². The van der Waals surface area contributed by atoms with Crippen molar-refractivity contribution >= 4 is 5.91 Å². The Hall–Kier alpha value is -0.610. The average molecular weight is 270 g/mol. The zero-order valence-electron chi connectivity index (χ0n) is 12.9. The van der Waals surface area contributed by atoms with Gasteiger partial charge in [-0.3, -0.25) is 4.79 Å². The summed E-state index contributed by atoms with van der Waals surface area (Å²) in [6.45, 7) is 7.88. The highest BCUT2D eigenvalue weighted by Crippen LogP contribution is 2.48. The Kier molecular flexibility index (Phi) is 6.80. The summed E-state index contributed by atoms with van der Waals surface area (Å²) in [6, 6.07) is 0.157. The van der Waals surface area contributed by atoms with E-state index in [1.807, 2.05) is 6.92 Å². The molecule has 4 heteroatoms. The van der Waals surface area contributed by atoms with Gasteiger partial charge in [0.05, 0.1) is 6.04 Å². The quantitative estimate of drug-likeness (QED) is 0.639. The summed E-state index contributed by atoms with van der Waals surface area (Å²) in [5.41, 5.74) is 0.388. The minimum Gasteiger partial charge on any atom is -0.385 e. The van der Waals surface area contributed by atoms with Crippen LogP contribution in [0.4, 0.5) is 0 Å². The number of nitrogens with one attached hydrogen (secondary N) is 2. The van der Waals surface area contributed by atoms with Crippen molar-refractivity contribution in [2.24, 2.45) is 5.41 Å². The third kappa shape index (κ3) is 5.91. The highest BCUT2D eigenvalue weighted by molar-refractivity contribution is 5.81. The first kappa shape index (κ1) is 16.4. The van der Waals surface area contributed by atoms with Gasteiger partial charge in [0.1, 0.15) is 0 Å². The summed E-state index contributed by atoms with van der Waals surface area (Å²) in [4.78, 5) is 12.0. The van der Waals surface area contributed by atoms with Crippen molar-refractivity contribution in [3.63, 3.8) is 0 Å². The summed E-state index contributed by atoms with van der Waals surface area (Å²) < 4.78 is 5.14. The van der Waals surface area contributed by atoms with E-state index in [2.05, 4.69) is 24.5 Å². The van der Waals surface area contributed by atoms with Gasteiger partial charge in [-0.2, -0.15) is 0 Å². The summed E-state index contributed by atoms with van der Waals surface area (Å²) in [5, 5.41) is 6.43. The van der Waals surface area contributed by atoms with Crippen LogP contribution in [0, 0.1) is 5.41 Å². The predicted octanol–water partition coefficient (Wildman–Crippen LogP) is 2.09. The number of hydrogen-bond donors (Lipinski definition) is 2. The van der Waals surface area contributed by atoms with Gasteiger partial charge in [-0.25, -0.2) is 0 Å². The van der Waals surface area contributed by atoms with Gasteiger partial charge in [0, 0.05) is 26.3 Å². The maximum atomic E-state index is 12.0. The molecule has 0 spiro atoms. The molecule has 0 aromatic heterocycles. The fourth-order valence-electron chi connectivity index (χ4n) is 2.35. The normalized spacial score (nSPS) is 19.8. The van der Waals surface area contributed by atoms with E-state index in [9.17, 15) is 4.79 Å². The molecule has 2 atom stereocenters. The lowest BCUT2D eigenvalue weighted by atomic mass is 10.0. The van der Waals surface area contributed by atoms with Crippen molar-refractivity contribution in [1.29, 1.82) is 0 Å². The lowest BCUT2D eigenvalue weighted by Crippen LogP contribution is -2.46. The second-order valence-corrected chi connectivity index (χ2v) is 6.04. The molecule has 1 aliphatic rings. The number of hydrogen-bond acceptors (Lipinski definition) is 3. The van der Waals surface area contributed by atoms with E-state index in [1.165, 1.54) is 12.8 Å². The number of rotatable bonds is 10. The molecule has 4 nitrogen and oxygen atoms in total. The number of methoxy groups -OCH3 is 1. The van der Waals surface area contributed by atoms with Gasteiger partial charge < -0.3 is 15.4 Å². The molecule has 1 saturated carbocycles. The molecule has 0 bridgehead atoms. The molecule has 1 rings (SSSR count). The Morgan fingerprint density at radius 1 is 1.37 bits per heavy atom. The van der Waals surface area contributed by atoms with Gasteiger partial charge in [-0.05, 0) is 44.9 Å². The van der Waals surface area contributed by atoms with Crippen LogP contribution in [0.5, 0.6) is 0 Å². The Bertz CT molecular complexity index is 277. The molecule has 1 aliphatic carbocycles. The van der Waals surface area contributed by atoms with Crippen molar-refractivity contribution in [1.82, 2.24) is 10.6 Å². The van der Waals surface area contributed by atoms with E-state index in [4.69, 9.17) is 4.74 Å². The van der Waals surface area contributed by atoms with Crippen LogP contribution in [0.1, 0.15) is 52.9 Å². The van der Waals surface area contributed by atoms with Crippen LogP contribution in [-0.4, -0.2) is 38.3 Å². The third-order valence-corrected chi connectivity index (χ3v) is 4.08. The first-order valence-corrected chi connectivity index (χ1v) is 7.55. The molecule has 2 N–H and O–H groups in total. The minimum absolute atomic E-state index is 0.112. The average Bonchev–Trinajstić information content (AvgIpc) is 3.14. The van der Waals surface area contributed by atoms with E-state index in [-0.39, 0.29) is 18.0 Å². The Morgan fingerprint density at radius 2 is 2.05 bits per heavy atom. The van der Waals surface area contributed by atoms with Gasteiger partial charge in [0.2, 0.25) is 5.91 Å². The van der Waals surface area contributed by atoms with E-state index >= 15 is 0 Å². The molecule has 0 aromatic carbocycles. The summed E-state index contributed by atoms with van der Waals surface area (Å²) in [6.07, 6.45) is 5.74. The minimum atomic E-state index is -0.112. The zero-order chi connectivity index (χ0) is 14.3. The predicted molar refractivity (Wildman–Crippen MR) is 78.1 cm³/mol. The summed E-state index contributed by atoms with van der Waals surface area (Å²) in [5.74, 6) is 0.114. The van der Waals surface area contributed by atoms with Gasteiger partial charge in [0.15, 0.2) is 0 Å². The van der Waals surface area contributed by atoms with Crippen LogP contribution in [0.2, 0.25) is 0 Å². The molecular formula is C15H30N2O2. The molecule has 0 aromatic rings. The van der Waals surface area contributed by atoms with Crippen LogP contribution >= 0.6 is 0 Å². The number of ether oxygens (including phenoxy) is 1. The maximum absolute atomic E-state index is 12.0. The lowest BCUT2D eigenvalue weighted by molar-refractivity contribution is -0.123. The van der Waals surface area contributed by atoms with E-state index < -0.39 is 0 Å².